The molecule has 1 aliphatic heterocycles. The number of hydrogen-bond donors (Lipinski definition) is 0. The second-order valence-electron chi connectivity index (χ2n) is 4.23. The molecule has 84 valence electrons. The lowest BCUT2D eigenvalue weighted by Gasteiger charge is -2.46. The molecule has 0 aromatic heterocycles. The first-order valence-electron chi connectivity index (χ1n) is 4.80. The van der Waals surface area contributed by atoms with Crippen molar-refractivity contribution in [2.24, 2.45) is 0 Å². The van der Waals surface area contributed by atoms with Crippen LogP contribution in [0.4, 0.5) is 13.2 Å². The summed E-state index contributed by atoms with van der Waals surface area (Å²) in [6, 6.07) is 0.504. The zero-order valence-corrected chi connectivity index (χ0v) is 8.80. The van der Waals surface area contributed by atoms with Crippen LogP contribution in [0.15, 0.2) is 0 Å². The van der Waals surface area contributed by atoms with E-state index in [0.717, 1.165) is 13.1 Å². The van der Waals surface area contributed by atoms with Gasteiger partial charge in [-0.3, -0.25) is 9.80 Å². The highest BCUT2D eigenvalue weighted by atomic mass is 19.4. The minimum Gasteiger partial charge on any atom is -0.298 e. The van der Waals surface area contributed by atoms with E-state index in [-0.39, 0.29) is 6.04 Å². The molecular weight excluding hydrogens is 193 g/mol. The first-order chi connectivity index (χ1) is 6.29. The SMILES string of the molecule is CC(C)N1CC(N(C)CC(F)(F)F)C1. The molecule has 0 aliphatic carbocycles. The van der Waals surface area contributed by atoms with Gasteiger partial charge in [0.25, 0.3) is 0 Å². The van der Waals surface area contributed by atoms with Crippen LogP contribution in [0.3, 0.4) is 0 Å². The molecule has 0 N–H and O–H groups in total. The number of rotatable bonds is 3. The van der Waals surface area contributed by atoms with E-state index in [1.165, 1.54) is 11.9 Å². The van der Waals surface area contributed by atoms with Crippen LogP contribution in [0, 0.1) is 0 Å². The maximum absolute atomic E-state index is 12.0. The summed E-state index contributed by atoms with van der Waals surface area (Å²) >= 11 is 0. The Morgan fingerprint density at radius 1 is 1.36 bits per heavy atom. The van der Waals surface area contributed by atoms with E-state index >= 15 is 0 Å². The first-order valence-corrected chi connectivity index (χ1v) is 4.80. The molecule has 0 aromatic carbocycles. The zero-order chi connectivity index (χ0) is 10.9. The molecule has 1 aliphatic rings. The van der Waals surface area contributed by atoms with Gasteiger partial charge in [0, 0.05) is 25.2 Å². The first kappa shape index (κ1) is 11.8. The van der Waals surface area contributed by atoms with Crippen LogP contribution >= 0.6 is 0 Å². The summed E-state index contributed by atoms with van der Waals surface area (Å²) in [6.07, 6.45) is -4.08. The number of halogens is 3. The Morgan fingerprint density at radius 2 is 1.86 bits per heavy atom. The lowest BCUT2D eigenvalue weighted by molar-refractivity contribution is -0.154. The van der Waals surface area contributed by atoms with Gasteiger partial charge in [-0.15, -0.1) is 0 Å². The van der Waals surface area contributed by atoms with Gasteiger partial charge in [-0.2, -0.15) is 13.2 Å². The number of likely N-dealkylation sites (tertiary alicyclic amines) is 1. The van der Waals surface area contributed by atoms with E-state index in [9.17, 15) is 13.2 Å². The Balaban J connectivity index is 2.26. The molecule has 5 heteroatoms. The monoisotopic (exact) mass is 210 g/mol. The maximum Gasteiger partial charge on any atom is 0.401 e. The summed E-state index contributed by atoms with van der Waals surface area (Å²) in [5.41, 5.74) is 0. The summed E-state index contributed by atoms with van der Waals surface area (Å²) < 4.78 is 36.1. The Labute approximate surface area is 82.7 Å². The number of hydrogen-bond acceptors (Lipinski definition) is 2. The van der Waals surface area contributed by atoms with Crippen LogP contribution in [0.2, 0.25) is 0 Å². The van der Waals surface area contributed by atoms with Crippen molar-refractivity contribution in [3.8, 4) is 0 Å². The zero-order valence-electron chi connectivity index (χ0n) is 8.80. The molecule has 0 amide bonds. The van der Waals surface area contributed by atoms with Gasteiger partial charge >= 0.3 is 6.18 Å². The standard InChI is InChI=1S/C9H17F3N2/c1-7(2)14-4-8(5-14)13(3)6-9(10,11)12/h7-8H,4-6H2,1-3H3. The molecule has 2 nitrogen and oxygen atoms in total. The molecule has 1 rings (SSSR count). The van der Waals surface area contributed by atoms with Gasteiger partial charge in [0.05, 0.1) is 6.54 Å². The lowest BCUT2D eigenvalue weighted by atomic mass is 10.1. The molecule has 0 aromatic rings. The summed E-state index contributed by atoms with van der Waals surface area (Å²) in [5, 5.41) is 0. The molecule has 14 heavy (non-hydrogen) atoms. The van der Waals surface area contributed by atoms with Crippen molar-refractivity contribution in [1.29, 1.82) is 0 Å². The normalized spacial score (nSPS) is 20.6. The Hall–Kier alpha value is -0.290. The quantitative estimate of drug-likeness (QED) is 0.697. The predicted molar refractivity (Wildman–Crippen MR) is 49.2 cm³/mol. The molecular formula is C9H17F3N2. The largest absolute Gasteiger partial charge is 0.401 e. The van der Waals surface area contributed by atoms with Crippen molar-refractivity contribution in [3.63, 3.8) is 0 Å². The summed E-state index contributed by atoms with van der Waals surface area (Å²) in [5.74, 6) is 0. The molecule has 0 unspecified atom stereocenters. The highest BCUT2D eigenvalue weighted by Gasteiger charge is 2.37. The fourth-order valence-corrected chi connectivity index (χ4v) is 1.60. The molecule has 0 spiro atoms. The van der Waals surface area contributed by atoms with Gasteiger partial charge in [-0.25, -0.2) is 0 Å². The Bertz CT molecular complexity index is 185. The van der Waals surface area contributed by atoms with Crippen molar-refractivity contribution >= 4 is 0 Å². The van der Waals surface area contributed by atoms with Crippen LogP contribution < -0.4 is 0 Å². The minimum absolute atomic E-state index is 0.0685. The van der Waals surface area contributed by atoms with Crippen molar-refractivity contribution < 1.29 is 13.2 Å². The predicted octanol–water partition coefficient (Wildman–Crippen LogP) is 1.57. The van der Waals surface area contributed by atoms with Gasteiger partial charge in [-0.05, 0) is 20.9 Å². The van der Waals surface area contributed by atoms with Crippen LogP contribution in [-0.4, -0.2) is 54.7 Å². The molecule has 0 saturated carbocycles. The van der Waals surface area contributed by atoms with Crippen LogP contribution in [-0.2, 0) is 0 Å². The van der Waals surface area contributed by atoms with Gasteiger partial charge in [0.2, 0.25) is 0 Å². The van der Waals surface area contributed by atoms with Crippen molar-refractivity contribution in [2.45, 2.75) is 32.1 Å². The highest BCUT2D eigenvalue weighted by Crippen LogP contribution is 2.21. The van der Waals surface area contributed by atoms with Crippen LogP contribution in [0.25, 0.3) is 0 Å². The van der Waals surface area contributed by atoms with Crippen LogP contribution in [0.5, 0.6) is 0 Å². The smallest absolute Gasteiger partial charge is 0.298 e. The number of alkyl halides is 3. The van der Waals surface area contributed by atoms with Gasteiger partial charge < -0.3 is 0 Å². The van der Waals surface area contributed by atoms with Gasteiger partial charge in [0.1, 0.15) is 0 Å². The van der Waals surface area contributed by atoms with Gasteiger partial charge in [0.15, 0.2) is 0 Å². The molecule has 0 atom stereocenters. The van der Waals surface area contributed by atoms with Crippen LogP contribution in [0.1, 0.15) is 13.8 Å². The average molecular weight is 210 g/mol. The fraction of sp³-hybridized carbons (Fsp3) is 1.00. The van der Waals surface area contributed by atoms with Gasteiger partial charge in [-0.1, -0.05) is 0 Å². The van der Waals surface area contributed by atoms with Crippen molar-refractivity contribution in [2.75, 3.05) is 26.7 Å². The summed E-state index contributed by atoms with van der Waals surface area (Å²) in [6.45, 7) is 4.82. The van der Waals surface area contributed by atoms with E-state index in [4.69, 9.17) is 0 Å². The van der Waals surface area contributed by atoms with Crippen molar-refractivity contribution in [3.05, 3.63) is 0 Å². The Kier molecular flexibility index (Phi) is 3.42. The van der Waals surface area contributed by atoms with Crippen molar-refractivity contribution in [1.82, 2.24) is 9.80 Å². The minimum atomic E-state index is -4.08. The van der Waals surface area contributed by atoms with E-state index in [1.807, 2.05) is 0 Å². The molecule has 1 heterocycles. The third-order valence-corrected chi connectivity index (χ3v) is 2.67. The second kappa shape index (κ2) is 4.06. The van der Waals surface area contributed by atoms with E-state index in [0.29, 0.717) is 6.04 Å². The molecule has 0 bridgehead atoms. The highest BCUT2D eigenvalue weighted by molar-refractivity contribution is 4.88. The maximum atomic E-state index is 12.0. The number of nitrogens with zero attached hydrogens (tertiary/aromatic N) is 2. The summed E-state index contributed by atoms with van der Waals surface area (Å²) in [4.78, 5) is 3.55. The second-order valence-corrected chi connectivity index (χ2v) is 4.23. The fourth-order valence-electron chi connectivity index (χ4n) is 1.60. The topological polar surface area (TPSA) is 6.48 Å². The lowest BCUT2D eigenvalue weighted by Crippen LogP contribution is -2.61. The van der Waals surface area contributed by atoms with E-state index in [1.54, 1.807) is 0 Å². The summed E-state index contributed by atoms with van der Waals surface area (Å²) in [7, 11) is 1.54. The van der Waals surface area contributed by atoms with E-state index < -0.39 is 12.7 Å². The van der Waals surface area contributed by atoms with E-state index in [2.05, 4.69) is 18.7 Å². The number of likely N-dealkylation sites (N-methyl/N-ethyl adjacent to an activating group) is 1. The third-order valence-electron chi connectivity index (χ3n) is 2.67. The molecule has 1 saturated heterocycles. The molecule has 0 radical (unpaired) electrons. The molecule has 1 fully saturated rings. The Morgan fingerprint density at radius 3 is 2.21 bits per heavy atom. The third kappa shape index (κ3) is 3.13. The average Bonchev–Trinajstić information content (AvgIpc) is 1.75.